The van der Waals surface area contributed by atoms with Gasteiger partial charge >= 0.3 is 21.7 Å². The normalized spacial score (nSPS) is 13.9. The van der Waals surface area contributed by atoms with Gasteiger partial charge in [-0.15, -0.1) is 0 Å². The Morgan fingerprint density at radius 1 is 0.760 bits per heavy atom. The van der Waals surface area contributed by atoms with Crippen LogP contribution in [0.25, 0.3) is 11.1 Å². The van der Waals surface area contributed by atoms with Crippen LogP contribution in [0.15, 0.2) is 70.8 Å². The molecular weight excluding hydrogens is 387 g/mol. The van der Waals surface area contributed by atoms with Crippen molar-refractivity contribution in [2.75, 3.05) is 0 Å². The minimum Gasteiger partial charge on any atom is -1.00 e. The van der Waals surface area contributed by atoms with E-state index < -0.39 is 0 Å². The SMILES string of the molecule is CC1=C(C)C(c2cccc(-c3ccccc3)c2[O-])C(C)=C1C.[Cl-].[Cl-].[HH].[Ti+3]. The zero-order valence-corrected chi connectivity index (χ0v) is 17.9. The Bertz CT molecular complexity index is 777. The van der Waals surface area contributed by atoms with Crippen LogP contribution in [0.5, 0.6) is 5.75 Å². The van der Waals surface area contributed by atoms with Crippen molar-refractivity contribution in [3.05, 3.63) is 76.4 Å². The first-order valence-electron chi connectivity index (χ1n) is 7.72. The van der Waals surface area contributed by atoms with Crippen LogP contribution < -0.4 is 29.9 Å². The van der Waals surface area contributed by atoms with E-state index in [-0.39, 0.29) is 59.6 Å². The standard InChI is InChI=1S/C21H22O.2ClH.Ti.H2/c1-13-14(2)16(4)20(15(13)3)19-12-8-11-18(21(19)22)17-9-6-5-7-10-17;;;;/h5-12,20,22H,1-4H3;2*1H;;1H/q;;;+3;/p-3. The molecule has 0 fully saturated rings. The Morgan fingerprint density at radius 2 is 1.28 bits per heavy atom. The fraction of sp³-hybridized carbons (Fsp3) is 0.238. The summed E-state index contributed by atoms with van der Waals surface area (Å²) < 4.78 is 0. The zero-order valence-electron chi connectivity index (χ0n) is 14.9. The Balaban J connectivity index is 0. The third-order valence-electron chi connectivity index (χ3n) is 5.05. The molecule has 4 heteroatoms. The second-order valence-corrected chi connectivity index (χ2v) is 6.14. The number of benzene rings is 2. The quantitative estimate of drug-likeness (QED) is 0.610. The summed E-state index contributed by atoms with van der Waals surface area (Å²) in [6, 6.07) is 15.8. The molecular formula is C21H23Cl2OTi. The molecule has 0 N–H and O–H groups in total. The number of para-hydroxylation sites is 1. The van der Waals surface area contributed by atoms with Crippen molar-refractivity contribution in [3.8, 4) is 16.9 Å². The van der Waals surface area contributed by atoms with Crippen molar-refractivity contribution in [1.82, 2.24) is 0 Å². The molecule has 2 aromatic rings. The van der Waals surface area contributed by atoms with Crippen LogP contribution in [-0.2, 0) is 21.7 Å². The minimum absolute atomic E-state index is 0. The van der Waals surface area contributed by atoms with Crippen LogP contribution in [0.3, 0.4) is 0 Å². The second kappa shape index (κ2) is 9.64. The largest absolute Gasteiger partial charge is 3.00 e. The molecule has 0 spiro atoms. The summed E-state index contributed by atoms with van der Waals surface area (Å²) in [6.07, 6.45) is 0. The van der Waals surface area contributed by atoms with Crippen LogP contribution in [0.2, 0.25) is 0 Å². The van der Waals surface area contributed by atoms with E-state index in [0.29, 0.717) is 0 Å². The van der Waals surface area contributed by atoms with Crippen molar-refractivity contribution >= 4 is 0 Å². The molecule has 1 radical (unpaired) electrons. The molecule has 0 heterocycles. The predicted octanol–water partition coefficient (Wildman–Crippen LogP) is -0.551. The molecule has 0 saturated heterocycles. The molecule has 0 aromatic heterocycles. The number of rotatable bonds is 2. The average molecular weight is 410 g/mol. The van der Waals surface area contributed by atoms with E-state index in [4.69, 9.17) is 0 Å². The maximum Gasteiger partial charge on any atom is 3.00 e. The number of hydrogen-bond donors (Lipinski definition) is 0. The Hall–Kier alpha value is -0.986. The summed E-state index contributed by atoms with van der Waals surface area (Å²) in [6.45, 7) is 8.60. The van der Waals surface area contributed by atoms with E-state index in [1.807, 2.05) is 48.5 Å². The number of halogens is 2. The molecule has 1 aliphatic carbocycles. The smallest absolute Gasteiger partial charge is 1.00 e. The zero-order chi connectivity index (χ0) is 15.9. The first kappa shape index (κ1) is 24.0. The monoisotopic (exact) mass is 409 g/mol. The van der Waals surface area contributed by atoms with Gasteiger partial charge in [-0.2, -0.15) is 0 Å². The third-order valence-corrected chi connectivity index (χ3v) is 5.05. The number of allylic oxidation sites excluding steroid dienone is 4. The van der Waals surface area contributed by atoms with Crippen LogP contribution in [-0.4, -0.2) is 0 Å². The van der Waals surface area contributed by atoms with E-state index in [2.05, 4.69) is 27.7 Å². The maximum atomic E-state index is 13.0. The van der Waals surface area contributed by atoms with E-state index in [1.54, 1.807) is 0 Å². The van der Waals surface area contributed by atoms with E-state index in [9.17, 15) is 5.11 Å². The summed E-state index contributed by atoms with van der Waals surface area (Å²) >= 11 is 0. The first-order chi connectivity index (χ1) is 10.5. The van der Waals surface area contributed by atoms with Gasteiger partial charge in [-0.05, 0) is 55.5 Å². The minimum atomic E-state index is 0. The number of hydrogen-bond acceptors (Lipinski definition) is 1. The fourth-order valence-corrected chi connectivity index (χ4v) is 3.44. The fourth-order valence-electron chi connectivity index (χ4n) is 3.44. The summed E-state index contributed by atoms with van der Waals surface area (Å²) in [4.78, 5) is 0. The van der Waals surface area contributed by atoms with E-state index >= 15 is 0 Å². The van der Waals surface area contributed by atoms with Crippen molar-refractivity contribution in [3.63, 3.8) is 0 Å². The topological polar surface area (TPSA) is 23.1 Å². The van der Waals surface area contributed by atoms with Crippen LogP contribution >= 0.6 is 0 Å². The van der Waals surface area contributed by atoms with Crippen LogP contribution in [0.4, 0.5) is 0 Å². The molecule has 0 saturated carbocycles. The van der Waals surface area contributed by atoms with Gasteiger partial charge in [0, 0.05) is 7.34 Å². The van der Waals surface area contributed by atoms with Gasteiger partial charge < -0.3 is 29.9 Å². The molecule has 131 valence electrons. The van der Waals surface area contributed by atoms with Crippen LogP contribution in [0, 0.1) is 0 Å². The van der Waals surface area contributed by atoms with Gasteiger partial charge in [0.1, 0.15) is 0 Å². The van der Waals surface area contributed by atoms with Gasteiger partial charge in [0.25, 0.3) is 0 Å². The summed E-state index contributed by atoms with van der Waals surface area (Å²) in [5, 5.41) is 13.0. The van der Waals surface area contributed by atoms with Gasteiger partial charge in [-0.1, -0.05) is 65.4 Å². The van der Waals surface area contributed by atoms with Crippen molar-refractivity contribution in [2.24, 2.45) is 0 Å². The summed E-state index contributed by atoms with van der Waals surface area (Å²) in [5.74, 6) is 0.288. The molecule has 0 atom stereocenters. The summed E-state index contributed by atoms with van der Waals surface area (Å²) in [7, 11) is 0. The van der Waals surface area contributed by atoms with Crippen LogP contribution in [0.1, 0.15) is 40.6 Å². The Kier molecular flexibility index (Phi) is 9.26. The van der Waals surface area contributed by atoms with E-state index in [0.717, 1.165) is 16.7 Å². The van der Waals surface area contributed by atoms with Crippen molar-refractivity contribution < 1.29 is 53.1 Å². The molecule has 0 amide bonds. The molecule has 3 rings (SSSR count). The van der Waals surface area contributed by atoms with E-state index in [1.165, 1.54) is 22.3 Å². The predicted molar refractivity (Wildman–Crippen MR) is 92.9 cm³/mol. The van der Waals surface area contributed by atoms with Gasteiger partial charge in [0.15, 0.2) is 0 Å². The van der Waals surface area contributed by atoms with Gasteiger partial charge in [0.2, 0.25) is 0 Å². The molecule has 1 nitrogen and oxygen atoms in total. The third kappa shape index (κ3) is 4.23. The molecule has 2 aromatic carbocycles. The average Bonchev–Trinajstić information content (AvgIpc) is 2.73. The second-order valence-electron chi connectivity index (χ2n) is 6.14. The van der Waals surface area contributed by atoms with Gasteiger partial charge in [0.05, 0.1) is 0 Å². The molecule has 1 aliphatic rings. The van der Waals surface area contributed by atoms with Gasteiger partial charge in [-0.3, -0.25) is 0 Å². The van der Waals surface area contributed by atoms with Crippen molar-refractivity contribution in [1.29, 1.82) is 0 Å². The van der Waals surface area contributed by atoms with Crippen molar-refractivity contribution in [2.45, 2.75) is 33.6 Å². The molecule has 0 bridgehead atoms. The maximum absolute atomic E-state index is 13.0. The summed E-state index contributed by atoms with van der Waals surface area (Å²) in [5.41, 5.74) is 7.94. The van der Waals surface area contributed by atoms with Gasteiger partial charge in [-0.25, -0.2) is 0 Å². The Labute approximate surface area is 179 Å². The molecule has 25 heavy (non-hydrogen) atoms. The molecule has 0 aliphatic heterocycles. The first-order valence-corrected chi connectivity index (χ1v) is 7.72. The molecule has 0 unspecified atom stereocenters. The Morgan fingerprint density at radius 3 is 1.80 bits per heavy atom.